The first-order valence-corrected chi connectivity index (χ1v) is 7.58. The van der Waals surface area contributed by atoms with Crippen LogP contribution in [0.1, 0.15) is 39.0 Å². The van der Waals surface area contributed by atoms with Crippen LogP contribution in [0.2, 0.25) is 0 Å². The normalized spacial score (nSPS) is 33.9. The van der Waals surface area contributed by atoms with Crippen molar-refractivity contribution in [1.82, 2.24) is 4.90 Å². The van der Waals surface area contributed by atoms with Gasteiger partial charge >= 0.3 is 5.97 Å². The molecule has 5 nitrogen and oxygen atoms in total. The molecular weight excluding hydrogens is 258 g/mol. The van der Waals surface area contributed by atoms with Crippen molar-refractivity contribution in [3.63, 3.8) is 0 Å². The minimum absolute atomic E-state index is 0.0316. The van der Waals surface area contributed by atoms with Gasteiger partial charge in [-0.1, -0.05) is 6.92 Å². The molecule has 2 aliphatic rings. The maximum absolute atomic E-state index is 12.5. The molecule has 2 rings (SSSR count). The van der Waals surface area contributed by atoms with Gasteiger partial charge in [-0.2, -0.15) is 0 Å². The smallest absolute Gasteiger partial charge is 0.307 e. The number of carbonyl (C=O) groups excluding carboxylic acids is 1. The second kappa shape index (κ2) is 6.57. The van der Waals surface area contributed by atoms with Crippen LogP contribution in [-0.4, -0.2) is 48.2 Å². The number of likely N-dealkylation sites (N-methyl/N-ethyl adjacent to an activating group) is 1. The molecule has 5 heteroatoms. The summed E-state index contributed by atoms with van der Waals surface area (Å²) in [5.74, 6) is -1.45. The number of carbonyl (C=O) groups is 2. The minimum atomic E-state index is -0.838. The predicted octanol–water partition coefficient (Wildman–Crippen LogP) is 1.76. The first-order chi connectivity index (χ1) is 9.49. The van der Waals surface area contributed by atoms with Gasteiger partial charge in [0, 0.05) is 20.2 Å². The summed E-state index contributed by atoms with van der Waals surface area (Å²) < 4.78 is 5.65. The maximum Gasteiger partial charge on any atom is 0.307 e. The Labute approximate surface area is 120 Å². The topological polar surface area (TPSA) is 66.8 Å². The quantitative estimate of drug-likeness (QED) is 0.853. The second-order valence-electron chi connectivity index (χ2n) is 6.34. The average Bonchev–Trinajstić information content (AvgIpc) is 2.81. The molecule has 0 aromatic rings. The molecule has 0 radical (unpaired) electrons. The number of rotatable bonds is 4. The highest BCUT2D eigenvalue weighted by atomic mass is 16.5. The van der Waals surface area contributed by atoms with E-state index in [1.54, 1.807) is 11.9 Å². The van der Waals surface area contributed by atoms with Crippen molar-refractivity contribution >= 4 is 11.9 Å². The van der Waals surface area contributed by atoms with E-state index < -0.39 is 11.9 Å². The third-order valence-corrected chi connectivity index (χ3v) is 4.56. The van der Waals surface area contributed by atoms with Crippen molar-refractivity contribution in [3.8, 4) is 0 Å². The van der Waals surface area contributed by atoms with Crippen molar-refractivity contribution in [1.29, 1.82) is 0 Å². The summed E-state index contributed by atoms with van der Waals surface area (Å²) in [7, 11) is 1.77. The number of carboxylic acid groups (broad SMARTS) is 1. The molecule has 0 spiro atoms. The van der Waals surface area contributed by atoms with Crippen molar-refractivity contribution in [3.05, 3.63) is 0 Å². The van der Waals surface area contributed by atoms with Gasteiger partial charge in [-0.25, -0.2) is 0 Å². The largest absolute Gasteiger partial charge is 0.481 e. The molecule has 0 aromatic carbocycles. The van der Waals surface area contributed by atoms with E-state index in [-0.39, 0.29) is 17.9 Å². The Hall–Kier alpha value is -1.10. The van der Waals surface area contributed by atoms with Crippen LogP contribution in [0.5, 0.6) is 0 Å². The number of hydrogen-bond acceptors (Lipinski definition) is 3. The lowest BCUT2D eigenvalue weighted by Gasteiger charge is -2.29. The van der Waals surface area contributed by atoms with E-state index in [2.05, 4.69) is 0 Å². The third kappa shape index (κ3) is 3.51. The summed E-state index contributed by atoms with van der Waals surface area (Å²) in [5.41, 5.74) is 0. The van der Waals surface area contributed by atoms with E-state index in [0.717, 1.165) is 25.9 Å². The monoisotopic (exact) mass is 283 g/mol. The number of nitrogens with zero attached hydrogens (tertiary/aromatic N) is 1. The van der Waals surface area contributed by atoms with E-state index in [9.17, 15) is 14.7 Å². The van der Waals surface area contributed by atoms with Crippen molar-refractivity contribution < 1.29 is 19.4 Å². The predicted molar refractivity (Wildman–Crippen MR) is 74.2 cm³/mol. The molecule has 2 fully saturated rings. The summed E-state index contributed by atoms with van der Waals surface area (Å²) in [5, 5.41) is 9.26. The van der Waals surface area contributed by atoms with Gasteiger partial charge in [-0.15, -0.1) is 0 Å². The van der Waals surface area contributed by atoms with Crippen LogP contribution in [0, 0.1) is 17.8 Å². The third-order valence-electron chi connectivity index (χ3n) is 4.56. The van der Waals surface area contributed by atoms with Crippen molar-refractivity contribution in [2.45, 2.75) is 45.1 Å². The number of carboxylic acids is 1. The molecule has 1 heterocycles. The van der Waals surface area contributed by atoms with Gasteiger partial charge in [0.25, 0.3) is 0 Å². The van der Waals surface area contributed by atoms with E-state index in [0.29, 0.717) is 25.3 Å². The van der Waals surface area contributed by atoms with E-state index in [1.807, 2.05) is 6.92 Å². The van der Waals surface area contributed by atoms with E-state index in [1.165, 1.54) is 0 Å². The molecule has 1 saturated carbocycles. The molecule has 1 aliphatic heterocycles. The summed E-state index contributed by atoms with van der Waals surface area (Å²) in [6, 6.07) is 0. The summed E-state index contributed by atoms with van der Waals surface area (Å²) in [6.07, 6.45) is 4.63. The van der Waals surface area contributed by atoms with E-state index in [4.69, 9.17) is 4.74 Å². The number of amides is 1. The highest BCUT2D eigenvalue weighted by Crippen LogP contribution is 2.37. The maximum atomic E-state index is 12.5. The fourth-order valence-electron chi connectivity index (χ4n) is 3.47. The van der Waals surface area contributed by atoms with Gasteiger partial charge < -0.3 is 14.7 Å². The second-order valence-corrected chi connectivity index (χ2v) is 6.34. The Balaban J connectivity index is 1.93. The molecule has 114 valence electrons. The molecule has 1 aliphatic carbocycles. The Morgan fingerprint density at radius 3 is 2.55 bits per heavy atom. The molecule has 1 N–H and O–H groups in total. The molecule has 1 amide bonds. The van der Waals surface area contributed by atoms with Crippen LogP contribution in [0.3, 0.4) is 0 Å². The minimum Gasteiger partial charge on any atom is -0.481 e. The van der Waals surface area contributed by atoms with Gasteiger partial charge in [-0.3, -0.25) is 9.59 Å². The summed E-state index contributed by atoms with van der Waals surface area (Å²) >= 11 is 0. The van der Waals surface area contributed by atoms with Gasteiger partial charge in [-0.05, 0) is 38.0 Å². The fourth-order valence-corrected chi connectivity index (χ4v) is 3.47. The first-order valence-electron chi connectivity index (χ1n) is 7.58. The number of aliphatic carboxylic acids is 1. The van der Waals surface area contributed by atoms with Crippen LogP contribution in [-0.2, 0) is 14.3 Å². The van der Waals surface area contributed by atoms with Crippen LogP contribution in [0.4, 0.5) is 0 Å². The molecule has 1 saturated heterocycles. The molecule has 4 unspecified atom stereocenters. The van der Waals surface area contributed by atoms with Crippen LogP contribution >= 0.6 is 0 Å². The van der Waals surface area contributed by atoms with Crippen LogP contribution in [0.15, 0.2) is 0 Å². The zero-order valence-electron chi connectivity index (χ0n) is 12.4. The van der Waals surface area contributed by atoms with Crippen molar-refractivity contribution in [2.75, 3.05) is 20.2 Å². The Morgan fingerprint density at radius 2 is 1.95 bits per heavy atom. The van der Waals surface area contributed by atoms with Gasteiger partial charge in [0.15, 0.2) is 0 Å². The van der Waals surface area contributed by atoms with Crippen molar-refractivity contribution in [2.24, 2.45) is 17.8 Å². The number of ether oxygens (including phenoxy) is 1. The number of hydrogen-bond donors (Lipinski definition) is 1. The van der Waals surface area contributed by atoms with Crippen LogP contribution in [0.25, 0.3) is 0 Å². The lowest BCUT2D eigenvalue weighted by molar-refractivity contribution is -0.149. The molecule has 0 bridgehead atoms. The summed E-state index contributed by atoms with van der Waals surface area (Å²) in [4.78, 5) is 25.4. The zero-order chi connectivity index (χ0) is 14.7. The highest BCUT2D eigenvalue weighted by Gasteiger charge is 2.42. The lowest BCUT2D eigenvalue weighted by Crippen LogP contribution is -2.42. The Morgan fingerprint density at radius 1 is 1.25 bits per heavy atom. The highest BCUT2D eigenvalue weighted by molar-refractivity contribution is 5.85. The average molecular weight is 283 g/mol. The zero-order valence-corrected chi connectivity index (χ0v) is 12.4. The standard InChI is InChI=1S/C15H25NO4/c1-10-7-12(13(8-10)15(18)19)14(17)16(2)9-11-5-3-4-6-20-11/h10-13H,3-9H2,1-2H3,(H,18,19). The van der Waals surface area contributed by atoms with Gasteiger partial charge in [0.1, 0.15) is 0 Å². The molecule has 0 aromatic heterocycles. The fraction of sp³-hybridized carbons (Fsp3) is 0.867. The SMILES string of the molecule is CC1CC(C(=O)O)C(C(=O)N(C)CC2CCCCO2)C1. The summed E-state index contributed by atoms with van der Waals surface area (Å²) in [6.45, 7) is 3.37. The molecule has 4 atom stereocenters. The lowest BCUT2D eigenvalue weighted by atomic mass is 9.94. The van der Waals surface area contributed by atoms with Gasteiger partial charge in [0.2, 0.25) is 5.91 Å². The van der Waals surface area contributed by atoms with Gasteiger partial charge in [0.05, 0.1) is 17.9 Å². The Kier molecular flexibility index (Phi) is 5.02. The molecular formula is C15H25NO4. The van der Waals surface area contributed by atoms with E-state index >= 15 is 0 Å². The Bertz CT molecular complexity index is 365. The first kappa shape index (κ1) is 15.3. The van der Waals surface area contributed by atoms with Crippen LogP contribution < -0.4 is 0 Å². The molecule has 20 heavy (non-hydrogen) atoms.